The van der Waals surface area contributed by atoms with Crippen LogP contribution in [0.15, 0.2) is 34.8 Å². The van der Waals surface area contributed by atoms with E-state index >= 15 is 0 Å². The Morgan fingerprint density at radius 2 is 2.15 bits per heavy atom. The molecule has 1 heterocycles. The minimum absolute atomic E-state index is 0.00672. The second kappa shape index (κ2) is 6.50. The zero-order chi connectivity index (χ0) is 14.7. The summed E-state index contributed by atoms with van der Waals surface area (Å²) in [5.74, 6) is -0.684. The third-order valence-electron chi connectivity index (χ3n) is 2.86. The van der Waals surface area contributed by atoms with Gasteiger partial charge in [0.1, 0.15) is 5.82 Å². The van der Waals surface area contributed by atoms with Crippen molar-refractivity contribution in [2.45, 2.75) is 26.3 Å². The molecule has 0 radical (unpaired) electrons. The third kappa shape index (κ3) is 3.90. The molecule has 0 saturated heterocycles. The average Bonchev–Trinajstić information content (AvgIpc) is 2.77. The maximum absolute atomic E-state index is 13.4. The van der Waals surface area contributed by atoms with Crippen LogP contribution in [0.3, 0.4) is 0 Å². The molecule has 1 N–H and O–H groups in total. The van der Waals surface area contributed by atoms with Crippen molar-refractivity contribution in [1.29, 1.82) is 0 Å². The number of nitrogens with one attached hydrogen (secondary N) is 1. The summed E-state index contributed by atoms with van der Waals surface area (Å²) in [6, 6.07) is 8.52. The molecule has 0 aliphatic carbocycles. The van der Waals surface area contributed by atoms with E-state index in [4.69, 9.17) is 0 Å². The van der Waals surface area contributed by atoms with Crippen LogP contribution in [0.1, 0.15) is 27.0 Å². The van der Waals surface area contributed by atoms with Crippen molar-refractivity contribution in [3.63, 3.8) is 0 Å². The second-order valence-electron chi connectivity index (χ2n) is 4.72. The van der Waals surface area contributed by atoms with Gasteiger partial charge >= 0.3 is 0 Å². The lowest BCUT2D eigenvalue weighted by Gasteiger charge is -2.13. The largest absolute Gasteiger partial charge is 0.349 e. The Morgan fingerprint density at radius 3 is 2.75 bits per heavy atom. The van der Waals surface area contributed by atoms with Crippen molar-refractivity contribution in [2.75, 3.05) is 0 Å². The van der Waals surface area contributed by atoms with Gasteiger partial charge in [-0.2, -0.15) is 0 Å². The number of aryl methyl sites for hydroxylation is 1. The Labute approximate surface area is 130 Å². The molecular formula is C15H15BrFNOS. The fourth-order valence-corrected chi connectivity index (χ4v) is 3.16. The van der Waals surface area contributed by atoms with Gasteiger partial charge in [0.2, 0.25) is 0 Å². The first-order chi connectivity index (χ1) is 9.45. The van der Waals surface area contributed by atoms with Gasteiger partial charge in [-0.15, -0.1) is 11.3 Å². The summed E-state index contributed by atoms with van der Waals surface area (Å²) in [7, 11) is 0. The standard InChI is InChI=1S/C15H15BrFNOS/c1-9(7-12-5-3-10(2)20-12)18-15(19)11-4-6-13(16)14(17)8-11/h3-6,8-9H,7H2,1-2H3,(H,18,19). The molecule has 1 unspecified atom stereocenters. The van der Waals surface area contributed by atoms with E-state index < -0.39 is 5.82 Å². The van der Waals surface area contributed by atoms with E-state index in [1.807, 2.05) is 6.92 Å². The van der Waals surface area contributed by atoms with E-state index in [-0.39, 0.29) is 11.9 Å². The number of rotatable bonds is 4. The number of hydrogen-bond donors (Lipinski definition) is 1. The molecule has 0 aliphatic heterocycles. The van der Waals surface area contributed by atoms with Crippen LogP contribution in [0.5, 0.6) is 0 Å². The average molecular weight is 356 g/mol. The van der Waals surface area contributed by atoms with E-state index in [1.54, 1.807) is 17.4 Å². The molecule has 2 rings (SSSR count). The molecule has 0 aliphatic rings. The van der Waals surface area contributed by atoms with Crippen molar-refractivity contribution >= 4 is 33.2 Å². The van der Waals surface area contributed by atoms with Crippen molar-refractivity contribution in [3.05, 3.63) is 55.9 Å². The van der Waals surface area contributed by atoms with Gasteiger partial charge in [0.25, 0.3) is 5.91 Å². The number of halogens is 2. The Balaban J connectivity index is 1.98. The molecule has 1 aromatic heterocycles. The van der Waals surface area contributed by atoms with E-state index in [9.17, 15) is 9.18 Å². The van der Waals surface area contributed by atoms with Gasteiger partial charge in [-0.05, 0) is 60.1 Å². The van der Waals surface area contributed by atoms with E-state index in [0.29, 0.717) is 10.0 Å². The molecule has 2 aromatic rings. The summed E-state index contributed by atoms with van der Waals surface area (Å²) in [4.78, 5) is 14.5. The van der Waals surface area contributed by atoms with Crippen molar-refractivity contribution in [2.24, 2.45) is 0 Å². The quantitative estimate of drug-likeness (QED) is 0.869. The highest BCUT2D eigenvalue weighted by atomic mass is 79.9. The first kappa shape index (κ1) is 15.2. The van der Waals surface area contributed by atoms with Crippen LogP contribution in [0.4, 0.5) is 4.39 Å². The maximum atomic E-state index is 13.4. The van der Waals surface area contributed by atoms with Crippen molar-refractivity contribution in [3.8, 4) is 0 Å². The molecule has 0 fully saturated rings. The Bertz CT molecular complexity index is 626. The maximum Gasteiger partial charge on any atom is 0.251 e. The number of benzene rings is 1. The normalized spacial score (nSPS) is 12.2. The molecule has 1 aromatic carbocycles. The predicted molar refractivity (Wildman–Crippen MR) is 83.8 cm³/mol. The smallest absolute Gasteiger partial charge is 0.251 e. The molecule has 1 atom stereocenters. The monoisotopic (exact) mass is 355 g/mol. The fourth-order valence-electron chi connectivity index (χ4n) is 1.89. The number of amides is 1. The summed E-state index contributed by atoms with van der Waals surface area (Å²) in [5, 5.41) is 2.89. The van der Waals surface area contributed by atoms with Gasteiger partial charge in [-0.1, -0.05) is 0 Å². The lowest BCUT2D eigenvalue weighted by molar-refractivity contribution is 0.0939. The lowest BCUT2D eigenvalue weighted by atomic mass is 10.1. The second-order valence-corrected chi connectivity index (χ2v) is 6.95. The number of thiophene rings is 1. The molecule has 0 spiro atoms. The molecule has 2 nitrogen and oxygen atoms in total. The highest BCUT2D eigenvalue weighted by Crippen LogP contribution is 2.18. The van der Waals surface area contributed by atoms with Crippen LogP contribution < -0.4 is 5.32 Å². The van der Waals surface area contributed by atoms with Crippen LogP contribution in [-0.4, -0.2) is 11.9 Å². The fraction of sp³-hybridized carbons (Fsp3) is 0.267. The van der Waals surface area contributed by atoms with Crippen LogP contribution in [0.25, 0.3) is 0 Å². The van der Waals surface area contributed by atoms with Gasteiger partial charge < -0.3 is 5.32 Å². The summed E-state index contributed by atoms with van der Waals surface area (Å²) in [5.41, 5.74) is 0.333. The van der Waals surface area contributed by atoms with E-state index in [0.717, 1.165) is 6.42 Å². The number of hydrogen-bond acceptors (Lipinski definition) is 2. The first-order valence-electron chi connectivity index (χ1n) is 6.27. The molecular weight excluding hydrogens is 341 g/mol. The van der Waals surface area contributed by atoms with E-state index in [2.05, 4.69) is 40.3 Å². The highest BCUT2D eigenvalue weighted by Gasteiger charge is 2.12. The SMILES string of the molecule is Cc1ccc(CC(C)NC(=O)c2ccc(Br)c(F)c2)s1. The van der Waals surface area contributed by atoms with E-state index in [1.165, 1.54) is 21.9 Å². The molecule has 106 valence electrons. The number of carbonyl (C=O) groups excluding carboxylic acids is 1. The molecule has 1 amide bonds. The Hall–Kier alpha value is -1.20. The van der Waals surface area contributed by atoms with Crippen molar-refractivity contribution in [1.82, 2.24) is 5.32 Å². The third-order valence-corrected chi connectivity index (χ3v) is 4.53. The lowest BCUT2D eigenvalue weighted by Crippen LogP contribution is -2.33. The minimum atomic E-state index is -0.431. The van der Waals surface area contributed by atoms with Gasteiger partial charge in [0.05, 0.1) is 4.47 Å². The van der Waals surface area contributed by atoms with Crippen LogP contribution in [-0.2, 0) is 6.42 Å². The summed E-state index contributed by atoms with van der Waals surface area (Å²) in [6.45, 7) is 4.00. The topological polar surface area (TPSA) is 29.1 Å². The zero-order valence-electron chi connectivity index (χ0n) is 11.2. The van der Waals surface area contributed by atoms with Gasteiger partial charge in [0.15, 0.2) is 0 Å². The minimum Gasteiger partial charge on any atom is -0.349 e. The molecule has 0 saturated carbocycles. The highest BCUT2D eigenvalue weighted by molar-refractivity contribution is 9.10. The van der Waals surface area contributed by atoms with Gasteiger partial charge in [0, 0.05) is 27.8 Å². The number of carbonyl (C=O) groups is 1. The summed E-state index contributed by atoms with van der Waals surface area (Å²) in [6.07, 6.45) is 0.781. The molecule has 0 bridgehead atoms. The van der Waals surface area contributed by atoms with Crippen LogP contribution >= 0.6 is 27.3 Å². The summed E-state index contributed by atoms with van der Waals surface area (Å²) >= 11 is 4.80. The molecule has 20 heavy (non-hydrogen) atoms. The Kier molecular flexibility index (Phi) is 4.94. The molecule has 5 heteroatoms. The Morgan fingerprint density at radius 1 is 1.40 bits per heavy atom. The van der Waals surface area contributed by atoms with Crippen molar-refractivity contribution < 1.29 is 9.18 Å². The van der Waals surface area contributed by atoms with Crippen LogP contribution in [0.2, 0.25) is 0 Å². The zero-order valence-corrected chi connectivity index (χ0v) is 13.6. The summed E-state index contributed by atoms with van der Waals surface area (Å²) < 4.78 is 13.8. The van der Waals surface area contributed by atoms with Gasteiger partial charge in [-0.25, -0.2) is 4.39 Å². The van der Waals surface area contributed by atoms with Gasteiger partial charge in [-0.3, -0.25) is 4.79 Å². The first-order valence-corrected chi connectivity index (χ1v) is 7.88. The predicted octanol–water partition coefficient (Wildman–Crippen LogP) is 4.32. The van der Waals surface area contributed by atoms with Crippen LogP contribution in [0, 0.1) is 12.7 Å².